The molecule has 0 saturated carbocycles. The van der Waals surface area contributed by atoms with E-state index in [-0.39, 0.29) is 13.0 Å². The summed E-state index contributed by atoms with van der Waals surface area (Å²) in [6, 6.07) is 10.3. The minimum atomic E-state index is 0. The van der Waals surface area contributed by atoms with Gasteiger partial charge in [-0.2, -0.15) is 0 Å². The molecule has 40 valence electrons. The average molecular weight is 103 g/mol. The summed E-state index contributed by atoms with van der Waals surface area (Å²) in [6.45, 7) is 2.08. The Balaban J connectivity index is -0.000000163. The third kappa shape index (κ3) is 1.90. The van der Waals surface area contributed by atoms with Gasteiger partial charge in [0.15, 0.2) is 0 Å². The van der Waals surface area contributed by atoms with Crippen molar-refractivity contribution in [2.24, 2.45) is 0 Å². The molecule has 0 N–H and O–H groups in total. The van der Waals surface area contributed by atoms with Crippen LogP contribution in [-0.4, -0.2) is 10.1 Å². The zero-order valence-corrected chi connectivity index (χ0v) is 5.09. The molecule has 0 atom stereocenters. The average Bonchev–Trinajstić information content (AvgIpc) is 1.69. The van der Waals surface area contributed by atoms with Gasteiger partial charge in [0.05, 0.1) is 0 Å². The fourth-order valence-corrected chi connectivity index (χ4v) is 0.534. The largest absolute Gasteiger partial charge is 2.00 e. The van der Waals surface area contributed by atoms with Crippen molar-refractivity contribution in [1.29, 1.82) is 0 Å². The first-order valence-electron chi connectivity index (χ1n) is 2.41. The number of benzene rings is 1. The first-order valence-corrected chi connectivity index (χ1v) is 2.41. The van der Waals surface area contributed by atoms with Gasteiger partial charge in [0.2, 0.25) is 0 Å². The summed E-state index contributed by atoms with van der Waals surface area (Å²) < 4.78 is 0. The second-order valence-electron chi connectivity index (χ2n) is 1.65. The molecule has 0 heterocycles. The maximum atomic E-state index is 2.08. The first kappa shape index (κ1) is 7.39. The van der Waals surface area contributed by atoms with E-state index in [1.807, 2.05) is 18.2 Å². The van der Waals surface area contributed by atoms with Crippen LogP contribution in [0.3, 0.4) is 0 Å². The van der Waals surface area contributed by atoms with Gasteiger partial charge in [-0.25, -0.2) is 0 Å². The molecule has 0 aliphatic carbocycles. The van der Waals surface area contributed by atoms with Gasteiger partial charge in [-0.15, -0.1) is 0 Å². The molecule has 0 amide bonds. The Bertz CT molecular complexity index is 142. The van der Waals surface area contributed by atoms with Gasteiger partial charge in [0.25, 0.3) is 0 Å². The van der Waals surface area contributed by atoms with E-state index >= 15 is 0 Å². The Morgan fingerprint density at radius 1 is 1.12 bits per heavy atom. The Kier molecular flexibility index (Phi) is 3.14. The van der Waals surface area contributed by atoms with Gasteiger partial charge in [0.1, 0.15) is 0 Å². The van der Waals surface area contributed by atoms with Gasteiger partial charge in [-0.3, -0.25) is 0 Å². The summed E-state index contributed by atoms with van der Waals surface area (Å²) in [5.41, 5.74) is 1.32. The van der Waals surface area contributed by atoms with E-state index in [0.29, 0.717) is 0 Å². The molecule has 0 fully saturated rings. The summed E-state index contributed by atoms with van der Waals surface area (Å²) in [6.07, 6.45) is 0. The molecule has 0 spiro atoms. The van der Waals surface area contributed by atoms with E-state index in [2.05, 4.69) is 19.1 Å². The summed E-state index contributed by atoms with van der Waals surface area (Å²) in [5.74, 6) is 0. The monoisotopic (exact) mass is 103 g/mol. The maximum absolute atomic E-state index is 2.08. The molecule has 0 aliphatic heterocycles. The quantitative estimate of drug-likeness (QED) is 0.439. The molecule has 8 heavy (non-hydrogen) atoms. The summed E-state index contributed by atoms with van der Waals surface area (Å²) >= 11 is 0. The van der Waals surface area contributed by atoms with Crippen LogP contribution in [-0.2, 0) is 0 Å². The minimum absolute atomic E-state index is 0. The molecule has 1 heteroatoms. The van der Waals surface area contributed by atoms with E-state index in [1.54, 1.807) is 0 Å². The van der Waals surface area contributed by atoms with Crippen molar-refractivity contribution in [3.63, 3.8) is 0 Å². The Hall–Kier alpha value is -0.611. The third-order valence-electron chi connectivity index (χ3n) is 0.940. The predicted molar refractivity (Wildman–Crippen MR) is 39.2 cm³/mol. The van der Waals surface area contributed by atoms with Crippen LogP contribution >= 0.6 is 0 Å². The fourth-order valence-electron chi connectivity index (χ4n) is 0.534. The minimum Gasteiger partial charge on any atom is -1.00 e. The van der Waals surface area contributed by atoms with Crippen LogP contribution in [0.2, 0.25) is 0 Å². The van der Waals surface area contributed by atoms with Gasteiger partial charge in [-0.1, -0.05) is 35.9 Å². The van der Waals surface area contributed by atoms with E-state index in [0.717, 1.165) is 0 Å². The van der Waals surface area contributed by atoms with Crippen LogP contribution in [0, 0.1) is 6.92 Å². The van der Waals surface area contributed by atoms with E-state index < -0.39 is 0 Å². The first-order chi connectivity index (χ1) is 3.39. The zero-order valence-electron chi connectivity index (χ0n) is 7.09. The molecule has 0 unspecified atom stereocenters. The number of hydrogen-bond donors (Lipinski definition) is 0. The molecular weight excluding hydrogens is 93.1 g/mol. The molecule has 0 radical (unpaired) electrons. The zero-order chi connectivity index (χ0) is 5.11. The number of rotatable bonds is 0. The van der Waals surface area contributed by atoms with Crippen molar-refractivity contribution in [2.45, 2.75) is 6.92 Å². The smallest absolute Gasteiger partial charge is 1.00 e. The Morgan fingerprint density at radius 3 is 1.88 bits per heavy atom. The van der Waals surface area contributed by atoms with Crippen LogP contribution < -0.4 is 0 Å². The Labute approximate surface area is 56.7 Å². The van der Waals surface area contributed by atoms with Gasteiger partial charge in [0, 0.05) is 0 Å². The molecule has 1 rings (SSSR count). The molecule has 0 aromatic heterocycles. The van der Waals surface area contributed by atoms with E-state index in [1.165, 1.54) is 5.56 Å². The summed E-state index contributed by atoms with van der Waals surface area (Å²) in [4.78, 5) is 0. The molecule has 0 saturated heterocycles. The van der Waals surface area contributed by atoms with Crippen LogP contribution in [0.1, 0.15) is 8.42 Å². The third-order valence-corrected chi connectivity index (χ3v) is 0.940. The topological polar surface area (TPSA) is 0 Å². The fraction of sp³-hybridized carbons (Fsp3) is 0.143. The molecular formula is C7H10Be. The SMILES string of the molecule is Cc1ccccc1.[Be+2].[H-].[H-]. The van der Waals surface area contributed by atoms with Crippen LogP contribution in [0.15, 0.2) is 30.3 Å². The Morgan fingerprint density at radius 2 is 1.62 bits per heavy atom. The predicted octanol–water partition coefficient (Wildman–Crippen LogP) is 1.84. The summed E-state index contributed by atoms with van der Waals surface area (Å²) in [7, 11) is 0. The normalized spacial score (nSPS) is 7.62. The number of aryl methyl sites for hydroxylation is 1. The van der Waals surface area contributed by atoms with Gasteiger partial charge < -0.3 is 2.85 Å². The number of hydrogen-bond acceptors (Lipinski definition) is 0. The van der Waals surface area contributed by atoms with Crippen LogP contribution in [0.4, 0.5) is 0 Å². The summed E-state index contributed by atoms with van der Waals surface area (Å²) in [5, 5.41) is 0. The second kappa shape index (κ2) is 3.40. The van der Waals surface area contributed by atoms with E-state index in [9.17, 15) is 0 Å². The van der Waals surface area contributed by atoms with Crippen molar-refractivity contribution < 1.29 is 2.85 Å². The maximum Gasteiger partial charge on any atom is 2.00 e. The van der Waals surface area contributed by atoms with Gasteiger partial charge in [-0.05, 0) is 6.92 Å². The molecule has 1 aromatic rings. The molecule has 0 aliphatic rings. The molecule has 1 aromatic carbocycles. The van der Waals surface area contributed by atoms with Crippen molar-refractivity contribution >= 4 is 10.1 Å². The van der Waals surface area contributed by atoms with Crippen molar-refractivity contribution in [3.05, 3.63) is 35.9 Å². The van der Waals surface area contributed by atoms with Crippen molar-refractivity contribution in [3.8, 4) is 0 Å². The van der Waals surface area contributed by atoms with Crippen molar-refractivity contribution in [2.75, 3.05) is 0 Å². The van der Waals surface area contributed by atoms with Crippen molar-refractivity contribution in [1.82, 2.24) is 0 Å². The standard InChI is InChI=1S/C7H8.Be.2H/c1-7-5-3-2-4-6-7;;;/h2-6H,1H3;;;/q;+2;2*-1. The van der Waals surface area contributed by atoms with Crippen LogP contribution in [0.25, 0.3) is 0 Å². The van der Waals surface area contributed by atoms with Crippen LogP contribution in [0.5, 0.6) is 0 Å². The molecule has 0 nitrogen and oxygen atoms in total. The second-order valence-corrected chi connectivity index (χ2v) is 1.65. The molecule has 0 bridgehead atoms. The van der Waals surface area contributed by atoms with E-state index in [4.69, 9.17) is 0 Å². The van der Waals surface area contributed by atoms with Gasteiger partial charge >= 0.3 is 10.1 Å².